The normalized spacial score (nSPS) is 17.0. The number of aromatic nitrogens is 1. The summed E-state index contributed by atoms with van der Waals surface area (Å²) in [6.07, 6.45) is 1.16. The predicted molar refractivity (Wildman–Crippen MR) is 175 cm³/mol. The molecule has 1 aromatic heterocycles. The molecule has 2 atom stereocenters. The zero-order chi connectivity index (χ0) is 34.7. The second kappa shape index (κ2) is 14.2. The van der Waals surface area contributed by atoms with E-state index in [0.29, 0.717) is 18.4 Å². The second-order valence-corrected chi connectivity index (χ2v) is 15.6. The monoisotopic (exact) mass is 711 g/mol. The lowest BCUT2D eigenvalue weighted by Crippen LogP contribution is -2.46. The molecule has 15 heteroatoms. The summed E-state index contributed by atoms with van der Waals surface area (Å²) in [4.78, 5) is 28.7. The van der Waals surface area contributed by atoms with E-state index in [0.717, 1.165) is 29.0 Å². The molecule has 1 aliphatic carbocycles. The van der Waals surface area contributed by atoms with Crippen LogP contribution >= 0.6 is 22.9 Å². The van der Waals surface area contributed by atoms with Gasteiger partial charge in [0, 0.05) is 23.4 Å². The lowest BCUT2D eigenvalue weighted by molar-refractivity contribution is 0.0480. The van der Waals surface area contributed by atoms with Gasteiger partial charge >= 0.3 is 12.2 Å². The number of thiazole rings is 1. The van der Waals surface area contributed by atoms with Crippen LogP contribution in [0.4, 0.5) is 24.2 Å². The van der Waals surface area contributed by atoms with Crippen LogP contribution in [0.5, 0.6) is 5.75 Å². The van der Waals surface area contributed by atoms with Crippen LogP contribution in [0.3, 0.4) is 0 Å². The summed E-state index contributed by atoms with van der Waals surface area (Å²) in [5.41, 5.74) is 0.952. The van der Waals surface area contributed by atoms with Gasteiger partial charge in [0.15, 0.2) is 5.82 Å². The van der Waals surface area contributed by atoms with Crippen molar-refractivity contribution in [2.24, 2.45) is 5.92 Å². The van der Waals surface area contributed by atoms with E-state index in [9.17, 15) is 22.4 Å². The molecule has 0 aliphatic heterocycles. The number of anilines is 1. The predicted octanol–water partition coefficient (Wildman–Crippen LogP) is 7.97. The number of halogens is 3. The number of sulfonamides is 1. The second-order valence-electron chi connectivity index (χ2n) is 12.7. The molecule has 2 amide bonds. The molecular formula is C32H36ClF2N3O7S2. The van der Waals surface area contributed by atoms with Gasteiger partial charge in [-0.3, -0.25) is 0 Å². The van der Waals surface area contributed by atoms with Crippen molar-refractivity contribution in [3.8, 4) is 5.75 Å². The van der Waals surface area contributed by atoms with Crippen LogP contribution in [0.1, 0.15) is 59.9 Å². The minimum absolute atomic E-state index is 0.127. The average Bonchev–Trinajstić information content (AvgIpc) is 3.46. The first kappa shape index (κ1) is 36.1. The maximum atomic E-state index is 15.6. The third kappa shape index (κ3) is 9.20. The number of carbonyl (C=O) groups is 2. The highest BCUT2D eigenvalue weighted by Gasteiger charge is 2.38. The smallest absolute Gasteiger partial charge is 0.430 e. The molecule has 254 valence electrons. The highest BCUT2D eigenvalue weighted by molar-refractivity contribution is 7.93. The molecule has 0 saturated carbocycles. The molecular weight excluding hydrogens is 676 g/mol. The van der Waals surface area contributed by atoms with E-state index in [1.54, 1.807) is 53.7 Å². The van der Waals surface area contributed by atoms with Crippen molar-refractivity contribution < 1.29 is 41.0 Å². The SMILES string of the molecule is CC(C)(C)OC(=O)N[C@@H]1CCC=C(c2ccc(F)cc2)C1COc1cc(F)c(S(=O)(=O)N(C(=O)OC(C)(C)C)c2cscn2)cc1Cl. The summed E-state index contributed by atoms with van der Waals surface area (Å²) in [7, 11) is -4.90. The summed E-state index contributed by atoms with van der Waals surface area (Å²) in [5, 5.41) is 3.93. The fourth-order valence-corrected chi connectivity index (χ4v) is 7.04. The van der Waals surface area contributed by atoms with E-state index < -0.39 is 61.9 Å². The molecule has 3 aromatic rings. The zero-order valence-electron chi connectivity index (χ0n) is 26.7. The number of carbonyl (C=O) groups excluding carboxylic acids is 2. The molecule has 1 heterocycles. The standard InChI is InChI=1S/C32H36ClF2N3O7S2/c1-31(2,3)44-29(39)37-25-9-7-8-21(19-10-12-20(34)13-11-19)22(25)16-43-26-15-24(35)27(14-23(26)33)47(41,42)38(28-17-46-18-36-28)30(40)45-32(4,5)6/h8,10-15,17-18,22,25H,7,9,16H2,1-6H3,(H,37,39)/t22?,25-/m1/s1. The number of hydrogen-bond donors (Lipinski definition) is 1. The Labute approximate surface area is 281 Å². The Balaban J connectivity index is 1.64. The fourth-order valence-electron chi connectivity index (χ4n) is 4.82. The average molecular weight is 712 g/mol. The van der Waals surface area contributed by atoms with Crippen LogP contribution in [-0.4, -0.2) is 49.4 Å². The minimum atomic E-state index is -4.90. The first-order valence-corrected chi connectivity index (χ1v) is 17.4. The highest BCUT2D eigenvalue weighted by atomic mass is 35.5. The number of ether oxygens (including phenoxy) is 3. The van der Waals surface area contributed by atoms with Crippen molar-refractivity contribution in [1.82, 2.24) is 10.3 Å². The van der Waals surface area contributed by atoms with Crippen molar-refractivity contribution in [3.63, 3.8) is 0 Å². The molecule has 0 fully saturated rings. The third-order valence-corrected chi connectivity index (χ3v) is 9.27. The van der Waals surface area contributed by atoms with Gasteiger partial charge in [0.05, 0.1) is 17.1 Å². The van der Waals surface area contributed by atoms with Gasteiger partial charge in [-0.1, -0.05) is 29.8 Å². The van der Waals surface area contributed by atoms with E-state index in [2.05, 4.69) is 10.3 Å². The molecule has 2 aromatic carbocycles. The third-order valence-electron chi connectivity index (χ3n) is 6.72. The Morgan fingerprint density at radius 1 is 1.06 bits per heavy atom. The number of allylic oxidation sites excluding steroid dienone is 1. The van der Waals surface area contributed by atoms with Crippen LogP contribution in [0.15, 0.2) is 58.3 Å². The van der Waals surface area contributed by atoms with E-state index in [1.807, 2.05) is 6.08 Å². The van der Waals surface area contributed by atoms with Crippen molar-refractivity contribution in [3.05, 3.63) is 75.6 Å². The molecule has 1 N–H and O–H groups in total. The number of rotatable bonds is 8. The summed E-state index contributed by atoms with van der Waals surface area (Å²) < 4.78 is 73.7. The summed E-state index contributed by atoms with van der Waals surface area (Å²) in [6, 6.07) is 7.01. The van der Waals surface area contributed by atoms with Gasteiger partial charge in [-0.2, -0.15) is 0 Å². The van der Waals surface area contributed by atoms with Crippen LogP contribution in [0.2, 0.25) is 5.02 Å². The van der Waals surface area contributed by atoms with E-state index in [-0.39, 0.29) is 27.5 Å². The van der Waals surface area contributed by atoms with E-state index in [4.69, 9.17) is 25.8 Å². The maximum absolute atomic E-state index is 15.6. The number of amides is 2. The topological polar surface area (TPSA) is 124 Å². The lowest BCUT2D eigenvalue weighted by Gasteiger charge is -2.34. The molecule has 1 unspecified atom stereocenters. The molecule has 0 radical (unpaired) electrons. The lowest BCUT2D eigenvalue weighted by atomic mass is 9.80. The largest absolute Gasteiger partial charge is 0.491 e. The summed E-state index contributed by atoms with van der Waals surface area (Å²) in [5.74, 6) is -2.63. The summed E-state index contributed by atoms with van der Waals surface area (Å²) >= 11 is 7.48. The van der Waals surface area contributed by atoms with Crippen LogP contribution in [0, 0.1) is 17.6 Å². The van der Waals surface area contributed by atoms with E-state index in [1.165, 1.54) is 23.0 Å². The Kier molecular flexibility index (Phi) is 10.9. The molecule has 10 nitrogen and oxygen atoms in total. The highest BCUT2D eigenvalue weighted by Crippen LogP contribution is 2.37. The number of hydrogen-bond acceptors (Lipinski definition) is 9. The summed E-state index contributed by atoms with van der Waals surface area (Å²) in [6.45, 7) is 9.74. The van der Waals surface area contributed by atoms with Gasteiger partial charge in [-0.05, 0) is 83.7 Å². The Morgan fingerprint density at radius 3 is 2.32 bits per heavy atom. The first-order chi connectivity index (χ1) is 21.9. The number of alkyl carbamates (subject to hydrolysis) is 1. The van der Waals surface area contributed by atoms with Crippen LogP contribution in [-0.2, 0) is 19.5 Å². The fraction of sp³-hybridized carbons (Fsp3) is 0.406. The van der Waals surface area contributed by atoms with Gasteiger partial charge in [-0.15, -0.1) is 15.6 Å². The Morgan fingerprint density at radius 2 is 1.72 bits per heavy atom. The molecule has 4 rings (SSSR count). The molecule has 0 saturated heterocycles. The van der Waals surface area contributed by atoms with Crippen molar-refractivity contribution in [2.45, 2.75) is 76.5 Å². The zero-order valence-corrected chi connectivity index (χ0v) is 29.1. The number of nitrogens with one attached hydrogen (secondary N) is 1. The maximum Gasteiger partial charge on any atom is 0.430 e. The molecule has 1 aliphatic rings. The van der Waals surface area contributed by atoms with Gasteiger partial charge in [0.2, 0.25) is 0 Å². The van der Waals surface area contributed by atoms with Gasteiger partial charge in [-0.25, -0.2) is 31.8 Å². The van der Waals surface area contributed by atoms with Crippen molar-refractivity contribution in [2.75, 3.05) is 10.9 Å². The van der Waals surface area contributed by atoms with Crippen LogP contribution < -0.4 is 14.4 Å². The number of nitrogens with zero attached hydrogens (tertiary/aromatic N) is 2. The van der Waals surface area contributed by atoms with Crippen molar-refractivity contribution in [1.29, 1.82) is 0 Å². The van der Waals surface area contributed by atoms with Crippen molar-refractivity contribution >= 4 is 56.5 Å². The number of benzene rings is 2. The molecule has 0 spiro atoms. The Hall–Kier alpha value is -3.75. The molecule has 47 heavy (non-hydrogen) atoms. The quantitative estimate of drug-likeness (QED) is 0.250. The first-order valence-electron chi connectivity index (χ1n) is 14.6. The molecule has 0 bridgehead atoms. The van der Waals surface area contributed by atoms with Gasteiger partial charge < -0.3 is 19.5 Å². The van der Waals surface area contributed by atoms with Gasteiger partial charge in [0.1, 0.15) is 33.5 Å². The Bertz CT molecular complexity index is 1740. The minimum Gasteiger partial charge on any atom is -0.491 e. The van der Waals surface area contributed by atoms with E-state index >= 15 is 4.39 Å². The van der Waals surface area contributed by atoms with Crippen LogP contribution in [0.25, 0.3) is 5.57 Å². The van der Waals surface area contributed by atoms with Gasteiger partial charge in [0.25, 0.3) is 10.0 Å².